The van der Waals surface area contributed by atoms with Gasteiger partial charge in [0.05, 0.1) is 0 Å². The van der Waals surface area contributed by atoms with Crippen molar-refractivity contribution in [3.63, 3.8) is 0 Å². The summed E-state index contributed by atoms with van der Waals surface area (Å²) in [4.78, 5) is 0. The third kappa shape index (κ3) is 2.65. The summed E-state index contributed by atoms with van der Waals surface area (Å²) in [6.45, 7) is 5.05. The molecular formula is C15H18N6. The Bertz CT molecular complexity index is 742. The van der Waals surface area contributed by atoms with E-state index in [1.807, 2.05) is 24.3 Å². The zero-order valence-electron chi connectivity index (χ0n) is 12.4. The number of H-pyrrole nitrogens is 1. The number of tetrazole rings is 1. The summed E-state index contributed by atoms with van der Waals surface area (Å²) >= 11 is 0. The lowest BCUT2D eigenvalue weighted by Gasteiger charge is -2.08. The number of aromatic amines is 1. The lowest BCUT2D eigenvalue weighted by atomic mass is 10.2. The van der Waals surface area contributed by atoms with Crippen molar-refractivity contribution in [1.29, 1.82) is 0 Å². The number of hydrogen-bond donors (Lipinski definition) is 2. The van der Waals surface area contributed by atoms with Crippen LogP contribution in [0.25, 0.3) is 11.4 Å². The predicted molar refractivity (Wildman–Crippen MR) is 81.8 cm³/mol. The lowest BCUT2D eigenvalue weighted by molar-refractivity contribution is 0.837. The number of aromatic nitrogens is 5. The number of hydrogen-bond acceptors (Lipinski definition) is 4. The number of nitrogens with zero attached hydrogens (tertiary/aromatic N) is 4. The molecule has 0 saturated carbocycles. The van der Waals surface area contributed by atoms with E-state index < -0.39 is 0 Å². The van der Waals surface area contributed by atoms with Crippen LogP contribution < -0.4 is 5.32 Å². The smallest absolute Gasteiger partial charge is 0.204 e. The summed E-state index contributed by atoms with van der Waals surface area (Å²) in [5.41, 5.74) is 5.84. The van der Waals surface area contributed by atoms with Gasteiger partial charge in [-0.2, -0.15) is 5.21 Å². The maximum absolute atomic E-state index is 4.00. The molecule has 3 rings (SSSR count). The molecule has 6 heteroatoms. The van der Waals surface area contributed by atoms with Gasteiger partial charge in [0, 0.05) is 36.2 Å². The topological polar surface area (TPSA) is 71.4 Å². The minimum atomic E-state index is 0.602. The molecule has 6 nitrogen and oxygen atoms in total. The van der Waals surface area contributed by atoms with E-state index in [0.29, 0.717) is 5.82 Å². The van der Waals surface area contributed by atoms with E-state index in [-0.39, 0.29) is 0 Å². The van der Waals surface area contributed by atoms with Crippen LogP contribution in [0, 0.1) is 13.8 Å². The fraction of sp³-hybridized carbons (Fsp3) is 0.267. The summed E-state index contributed by atoms with van der Waals surface area (Å²) in [7, 11) is 2.09. The van der Waals surface area contributed by atoms with E-state index in [9.17, 15) is 0 Å². The fourth-order valence-electron chi connectivity index (χ4n) is 2.36. The van der Waals surface area contributed by atoms with Crippen molar-refractivity contribution >= 4 is 5.69 Å². The Morgan fingerprint density at radius 2 is 2.10 bits per heavy atom. The molecule has 1 aromatic carbocycles. The Kier molecular flexibility index (Phi) is 3.43. The first-order valence-electron chi connectivity index (χ1n) is 6.84. The molecule has 0 saturated heterocycles. The quantitative estimate of drug-likeness (QED) is 0.771. The van der Waals surface area contributed by atoms with Gasteiger partial charge < -0.3 is 9.88 Å². The van der Waals surface area contributed by atoms with Crippen molar-refractivity contribution in [2.75, 3.05) is 5.32 Å². The summed E-state index contributed by atoms with van der Waals surface area (Å²) in [5.74, 6) is 0.602. The molecule has 2 aromatic heterocycles. The standard InChI is InChI=1S/C15H18N6/c1-10-7-13(11(2)21(10)3)9-16-14-6-4-5-12(8-14)15-17-19-20-18-15/h4-8,16H,9H2,1-3H3,(H,17,18,19,20). The van der Waals surface area contributed by atoms with Crippen LogP contribution in [-0.2, 0) is 13.6 Å². The van der Waals surface area contributed by atoms with Crippen molar-refractivity contribution < 1.29 is 0 Å². The highest BCUT2D eigenvalue weighted by atomic mass is 15.5. The fourth-order valence-corrected chi connectivity index (χ4v) is 2.36. The predicted octanol–water partition coefficient (Wildman–Crippen LogP) is 2.43. The van der Waals surface area contributed by atoms with Gasteiger partial charge in [-0.15, -0.1) is 10.2 Å². The first-order chi connectivity index (χ1) is 10.1. The Labute approximate surface area is 123 Å². The van der Waals surface area contributed by atoms with Gasteiger partial charge in [0.25, 0.3) is 0 Å². The molecule has 0 aliphatic heterocycles. The third-order valence-corrected chi connectivity index (χ3v) is 3.83. The van der Waals surface area contributed by atoms with Gasteiger partial charge in [0.15, 0.2) is 0 Å². The first-order valence-corrected chi connectivity index (χ1v) is 6.84. The van der Waals surface area contributed by atoms with Crippen molar-refractivity contribution in [2.24, 2.45) is 7.05 Å². The average Bonchev–Trinajstić information content (AvgIpc) is 3.11. The Morgan fingerprint density at radius 1 is 1.24 bits per heavy atom. The molecule has 108 valence electrons. The molecule has 2 N–H and O–H groups in total. The van der Waals surface area contributed by atoms with Gasteiger partial charge in [0.1, 0.15) is 0 Å². The minimum Gasteiger partial charge on any atom is -0.381 e. The number of rotatable bonds is 4. The van der Waals surface area contributed by atoms with E-state index in [1.165, 1.54) is 17.0 Å². The second-order valence-corrected chi connectivity index (χ2v) is 5.13. The molecular weight excluding hydrogens is 264 g/mol. The zero-order valence-corrected chi connectivity index (χ0v) is 12.4. The maximum atomic E-state index is 4.00. The summed E-state index contributed by atoms with van der Waals surface area (Å²) in [6, 6.07) is 10.2. The molecule has 0 aliphatic rings. The van der Waals surface area contributed by atoms with Crippen LogP contribution in [0.5, 0.6) is 0 Å². The van der Waals surface area contributed by atoms with Crippen molar-refractivity contribution in [1.82, 2.24) is 25.2 Å². The molecule has 0 aliphatic carbocycles. The number of anilines is 1. The van der Waals surface area contributed by atoms with E-state index in [0.717, 1.165) is 17.8 Å². The van der Waals surface area contributed by atoms with Crippen molar-refractivity contribution in [2.45, 2.75) is 20.4 Å². The normalized spacial score (nSPS) is 10.8. The molecule has 21 heavy (non-hydrogen) atoms. The Hall–Kier alpha value is -2.63. The Morgan fingerprint density at radius 3 is 2.76 bits per heavy atom. The number of aryl methyl sites for hydroxylation is 1. The summed E-state index contributed by atoms with van der Waals surface area (Å²) in [5, 5.41) is 17.5. The van der Waals surface area contributed by atoms with Crippen LogP contribution in [0.4, 0.5) is 5.69 Å². The molecule has 0 amide bonds. The molecule has 0 spiro atoms. The first kappa shape index (κ1) is 13.4. The number of nitrogens with one attached hydrogen (secondary N) is 2. The third-order valence-electron chi connectivity index (χ3n) is 3.83. The molecule has 3 aromatic rings. The van der Waals surface area contributed by atoms with Crippen LogP contribution >= 0.6 is 0 Å². The lowest BCUT2D eigenvalue weighted by Crippen LogP contribution is -2.01. The minimum absolute atomic E-state index is 0.602. The molecule has 2 heterocycles. The average molecular weight is 282 g/mol. The molecule has 0 unspecified atom stereocenters. The van der Waals surface area contributed by atoms with Gasteiger partial charge in [-0.05, 0) is 42.8 Å². The van der Waals surface area contributed by atoms with E-state index in [4.69, 9.17) is 0 Å². The van der Waals surface area contributed by atoms with Crippen molar-refractivity contribution in [3.8, 4) is 11.4 Å². The largest absolute Gasteiger partial charge is 0.381 e. The highest BCUT2D eigenvalue weighted by Crippen LogP contribution is 2.20. The van der Waals surface area contributed by atoms with Gasteiger partial charge in [-0.3, -0.25) is 0 Å². The van der Waals surface area contributed by atoms with Gasteiger partial charge in [-0.25, -0.2) is 0 Å². The SMILES string of the molecule is Cc1cc(CNc2cccc(-c3nn[nH]n3)c2)c(C)n1C. The molecule has 0 fully saturated rings. The van der Waals surface area contributed by atoms with Crippen LogP contribution in [0.2, 0.25) is 0 Å². The van der Waals surface area contributed by atoms with Gasteiger partial charge in [0.2, 0.25) is 5.82 Å². The van der Waals surface area contributed by atoms with Crippen molar-refractivity contribution in [3.05, 3.63) is 47.3 Å². The van der Waals surface area contributed by atoms with E-state index in [1.54, 1.807) is 0 Å². The Balaban J connectivity index is 1.76. The maximum Gasteiger partial charge on any atom is 0.204 e. The van der Waals surface area contributed by atoms with Crippen LogP contribution in [0.15, 0.2) is 30.3 Å². The zero-order chi connectivity index (χ0) is 14.8. The van der Waals surface area contributed by atoms with Crippen LogP contribution in [0.3, 0.4) is 0 Å². The number of benzene rings is 1. The van der Waals surface area contributed by atoms with Gasteiger partial charge >= 0.3 is 0 Å². The summed E-state index contributed by atoms with van der Waals surface area (Å²) < 4.78 is 2.20. The summed E-state index contributed by atoms with van der Waals surface area (Å²) in [6.07, 6.45) is 0. The second kappa shape index (κ2) is 5.40. The van der Waals surface area contributed by atoms with E-state index >= 15 is 0 Å². The van der Waals surface area contributed by atoms with E-state index in [2.05, 4.69) is 57.5 Å². The molecule has 0 radical (unpaired) electrons. The van der Waals surface area contributed by atoms with Crippen LogP contribution in [0.1, 0.15) is 17.0 Å². The molecule has 0 atom stereocenters. The second-order valence-electron chi connectivity index (χ2n) is 5.13. The molecule has 0 bridgehead atoms. The van der Waals surface area contributed by atoms with Gasteiger partial charge in [-0.1, -0.05) is 12.1 Å². The highest BCUT2D eigenvalue weighted by Gasteiger charge is 2.07. The van der Waals surface area contributed by atoms with Crippen LogP contribution in [-0.4, -0.2) is 25.2 Å². The highest BCUT2D eigenvalue weighted by molar-refractivity contribution is 5.61. The monoisotopic (exact) mass is 282 g/mol.